The van der Waals surface area contributed by atoms with Crippen molar-refractivity contribution in [2.75, 3.05) is 13.2 Å². The smallest absolute Gasteiger partial charge is 0.225 e. The van der Waals surface area contributed by atoms with Crippen LogP contribution in [-0.4, -0.2) is 19.1 Å². The van der Waals surface area contributed by atoms with Gasteiger partial charge in [-0.2, -0.15) is 0 Å². The van der Waals surface area contributed by atoms with Crippen LogP contribution in [0.5, 0.6) is 5.75 Å². The molecule has 23 heavy (non-hydrogen) atoms. The summed E-state index contributed by atoms with van der Waals surface area (Å²) in [4.78, 5) is 11.8. The molecule has 0 atom stereocenters. The summed E-state index contributed by atoms with van der Waals surface area (Å²) < 4.78 is 5.43. The van der Waals surface area contributed by atoms with Crippen LogP contribution in [0.2, 0.25) is 5.02 Å². The number of nitrogens with one attached hydrogen (secondary N) is 1. The van der Waals surface area contributed by atoms with Gasteiger partial charge >= 0.3 is 0 Å². The molecule has 2 aromatic carbocycles. The molecule has 0 radical (unpaired) electrons. The molecule has 0 saturated carbocycles. The third kappa shape index (κ3) is 6.06. The first-order valence-electron chi connectivity index (χ1n) is 7.30. The molecular weight excluding hydrogens is 310 g/mol. The Morgan fingerprint density at radius 2 is 2.00 bits per heavy atom. The zero-order chi connectivity index (χ0) is 16.5. The molecule has 0 fully saturated rings. The van der Waals surface area contributed by atoms with E-state index < -0.39 is 0 Å². The molecule has 0 spiro atoms. The number of hydrogen-bond acceptors (Lipinski definition) is 2. The average Bonchev–Trinajstić information content (AvgIpc) is 2.52. The van der Waals surface area contributed by atoms with Crippen LogP contribution in [0.15, 0.2) is 48.5 Å². The van der Waals surface area contributed by atoms with Crippen molar-refractivity contribution in [2.24, 2.45) is 0 Å². The van der Waals surface area contributed by atoms with Crippen LogP contribution in [-0.2, 0) is 11.2 Å². The molecule has 1 N–H and O–H groups in total. The van der Waals surface area contributed by atoms with Gasteiger partial charge in [0.1, 0.15) is 12.4 Å². The fourth-order valence-corrected chi connectivity index (χ4v) is 2.19. The van der Waals surface area contributed by atoms with Crippen molar-refractivity contribution in [1.82, 2.24) is 5.32 Å². The van der Waals surface area contributed by atoms with Crippen molar-refractivity contribution in [1.29, 1.82) is 0 Å². The first-order chi connectivity index (χ1) is 11.1. The van der Waals surface area contributed by atoms with Crippen LogP contribution in [0.1, 0.15) is 11.1 Å². The van der Waals surface area contributed by atoms with E-state index in [0.29, 0.717) is 23.7 Å². The summed E-state index contributed by atoms with van der Waals surface area (Å²) in [7, 11) is 0. The van der Waals surface area contributed by atoms with E-state index in [1.807, 2.05) is 43.3 Å². The second-order valence-electron chi connectivity index (χ2n) is 5.02. The standard InChI is InChI=1S/C19H18ClNO2/c1-15-7-6-8-16(13-15)14-19(22)21-11-4-5-12-23-18-10-3-2-9-17(18)20/h2-3,6-10,13H,11-12,14H2,1H3,(H,21,22). The average molecular weight is 328 g/mol. The Kier molecular flexibility index (Phi) is 6.53. The number of halogens is 1. The van der Waals surface area contributed by atoms with Crippen molar-refractivity contribution in [3.05, 3.63) is 64.7 Å². The van der Waals surface area contributed by atoms with E-state index in [9.17, 15) is 4.79 Å². The van der Waals surface area contributed by atoms with Gasteiger partial charge in [0.15, 0.2) is 0 Å². The predicted molar refractivity (Wildman–Crippen MR) is 92.6 cm³/mol. The van der Waals surface area contributed by atoms with Gasteiger partial charge in [-0.25, -0.2) is 0 Å². The summed E-state index contributed by atoms with van der Waals surface area (Å²) >= 11 is 5.96. The van der Waals surface area contributed by atoms with Crippen molar-refractivity contribution >= 4 is 17.5 Å². The highest BCUT2D eigenvalue weighted by Gasteiger charge is 2.01. The minimum Gasteiger partial charge on any atom is -0.479 e. The van der Waals surface area contributed by atoms with E-state index in [4.69, 9.17) is 16.3 Å². The molecule has 118 valence electrons. The lowest BCUT2D eigenvalue weighted by Gasteiger charge is -2.03. The fourth-order valence-electron chi connectivity index (χ4n) is 2.00. The summed E-state index contributed by atoms with van der Waals surface area (Å²) in [6.07, 6.45) is 0.361. The maximum atomic E-state index is 11.8. The molecule has 0 aromatic heterocycles. The van der Waals surface area contributed by atoms with Crippen LogP contribution in [0, 0.1) is 18.8 Å². The number of hydrogen-bond donors (Lipinski definition) is 1. The Morgan fingerprint density at radius 1 is 1.17 bits per heavy atom. The number of para-hydroxylation sites is 1. The molecule has 0 aliphatic rings. The van der Waals surface area contributed by atoms with Crippen molar-refractivity contribution < 1.29 is 9.53 Å². The van der Waals surface area contributed by atoms with Crippen LogP contribution in [0.3, 0.4) is 0 Å². The maximum Gasteiger partial charge on any atom is 0.225 e. The Morgan fingerprint density at radius 3 is 2.78 bits per heavy atom. The molecule has 0 unspecified atom stereocenters. The second kappa shape index (κ2) is 8.87. The fraction of sp³-hybridized carbons (Fsp3) is 0.211. The number of amides is 1. The Balaban J connectivity index is 1.69. The predicted octanol–water partition coefficient (Wildman–Crippen LogP) is 3.39. The number of carbonyl (C=O) groups is 1. The van der Waals surface area contributed by atoms with Gasteiger partial charge in [-0.3, -0.25) is 4.79 Å². The molecule has 1 amide bonds. The lowest BCUT2D eigenvalue weighted by molar-refractivity contribution is -0.120. The summed E-state index contributed by atoms with van der Waals surface area (Å²) in [5.74, 6) is 6.26. The summed E-state index contributed by atoms with van der Waals surface area (Å²) in [6.45, 7) is 2.54. The highest BCUT2D eigenvalue weighted by atomic mass is 35.5. The quantitative estimate of drug-likeness (QED) is 0.855. The van der Waals surface area contributed by atoms with Crippen molar-refractivity contribution in [3.8, 4) is 17.6 Å². The second-order valence-corrected chi connectivity index (χ2v) is 5.42. The number of benzene rings is 2. The van der Waals surface area contributed by atoms with Gasteiger partial charge in [-0.1, -0.05) is 65.4 Å². The van der Waals surface area contributed by atoms with Gasteiger partial charge < -0.3 is 10.1 Å². The Hall–Kier alpha value is -2.44. The summed E-state index contributed by atoms with van der Waals surface area (Å²) in [5.41, 5.74) is 2.14. The molecule has 2 aromatic rings. The summed E-state index contributed by atoms with van der Waals surface area (Å²) in [5, 5.41) is 3.32. The van der Waals surface area contributed by atoms with Crippen molar-refractivity contribution in [2.45, 2.75) is 13.3 Å². The first kappa shape index (κ1) is 16.9. The van der Waals surface area contributed by atoms with E-state index in [1.165, 1.54) is 0 Å². The number of ether oxygens (including phenoxy) is 1. The zero-order valence-electron chi connectivity index (χ0n) is 12.9. The number of carbonyl (C=O) groups excluding carboxylic acids is 1. The van der Waals surface area contributed by atoms with Gasteiger partial charge in [0, 0.05) is 0 Å². The van der Waals surface area contributed by atoms with E-state index >= 15 is 0 Å². The highest BCUT2D eigenvalue weighted by molar-refractivity contribution is 6.32. The molecule has 4 heteroatoms. The third-order valence-electron chi connectivity index (χ3n) is 3.08. The lowest BCUT2D eigenvalue weighted by atomic mass is 10.1. The van der Waals surface area contributed by atoms with Gasteiger partial charge in [-0.15, -0.1) is 0 Å². The van der Waals surface area contributed by atoms with Gasteiger partial charge in [0.2, 0.25) is 5.91 Å². The summed E-state index contributed by atoms with van der Waals surface area (Å²) in [6, 6.07) is 15.1. The van der Waals surface area contributed by atoms with E-state index in [2.05, 4.69) is 17.2 Å². The van der Waals surface area contributed by atoms with Crippen LogP contribution in [0.4, 0.5) is 0 Å². The lowest BCUT2D eigenvalue weighted by Crippen LogP contribution is -2.25. The minimum absolute atomic E-state index is 0.0445. The monoisotopic (exact) mass is 327 g/mol. The molecule has 0 aliphatic heterocycles. The Bertz CT molecular complexity index is 731. The van der Waals surface area contributed by atoms with E-state index in [1.54, 1.807) is 12.1 Å². The largest absolute Gasteiger partial charge is 0.479 e. The third-order valence-corrected chi connectivity index (χ3v) is 3.39. The van der Waals surface area contributed by atoms with Crippen LogP contribution < -0.4 is 10.1 Å². The van der Waals surface area contributed by atoms with E-state index in [-0.39, 0.29) is 12.5 Å². The molecule has 0 saturated heterocycles. The van der Waals surface area contributed by atoms with Gasteiger partial charge in [0.05, 0.1) is 18.0 Å². The number of aryl methyl sites for hydroxylation is 1. The first-order valence-corrected chi connectivity index (χ1v) is 7.68. The van der Waals surface area contributed by atoms with E-state index in [0.717, 1.165) is 11.1 Å². The topological polar surface area (TPSA) is 38.3 Å². The minimum atomic E-state index is -0.0445. The van der Waals surface area contributed by atoms with Crippen LogP contribution >= 0.6 is 11.6 Å². The van der Waals surface area contributed by atoms with Crippen LogP contribution in [0.25, 0.3) is 0 Å². The molecule has 3 nitrogen and oxygen atoms in total. The number of rotatable bonds is 5. The van der Waals surface area contributed by atoms with Gasteiger partial charge in [0.25, 0.3) is 0 Å². The highest BCUT2D eigenvalue weighted by Crippen LogP contribution is 2.22. The molecule has 0 aliphatic carbocycles. The molecule has 0 heterocycles. The normalized spacial score (nSPS) is 9.65. The molecule has 2 rings (SSSR count). The Labute approximate surface area is 141 Å². The molecular formula is C19H18ClNO2. The maximum absolute atomic E-state index is 11.8. The molecule has 0 bridgehead atoms. The van der Waals surface area contributed by atoms with Crippen molar-refractivity contribution in [3.63, 3.8) is 0 Å². The van der Waals surface area contributed by atoms with Gasteiger partial charge in [-0.05, 0) is 24.6 Å². The SMILES string of the molecule is Cc1cccc(CC(=O)NCC#CCOc2ccccc2Cl)c1. The zero-order valence-corrected chi connectivity index (χ0v) is 13.7.